The third kappa shape index (κ3) is 2.40. The molecule has 0 aliphatic heterocycles. The molecule has 0 aliphatic rings. The van der Waals surface area contributed by atoms with Crippen molar-refractivity contribution >= 4 is 38.8 Å². The maximum Gasteiger partial charge on any atom is 0.369 e. The lowest BCUT2D eigenvalue weighted by atomic mass is 10.3. The number of rotatable bonds is 3. The second-order valence-corrected chi connectivity index (χ2v) is 5.11. The summed E-state index contributed by atoms with van der Waals surface area (Å²) in [5.41, 5.74) is 0.0576. The van der Waals surface area contributed by atoms with Crippen molar-refractivity contribution in [3.8, 4) is 0 Å². The van der Waals surface area contributed by atoms with Gasteiger partial charge in [0.1, 0.15) is 5.52 Å². The number of hydrogen-bond acceptors (Lipinski definition) is 4. The summed E-state index contributed by atoms with van der Waals surface area (Å²) in [6.07, 6.45) is 0.815. The average Bonchev–Trinajstić information content (AvgIpc) is 2.65. The van der Waals surface area contributed by atoms with Crippen LogP contribution in [0.4, 0.5) is 0 Å². The van der Waals surface area contributed by atoms with Crippen LogP contribution in [0.1, 0.15) is 31.5 Å². The van der Waals surface area contributed by atoms with Gasteiger partial charge in [-0.2, -0.15) is 0 Å². The van der Waals surface area contributed by atoms with Crippen molar-refractivity contribution in [1.29, 1.82) is 0 Å². The summed E-state index contributed by atoms with van der Waals surface area (Å²) in [4.78, 5) is 40.5. The van der Waals surface area contributed by atoms with Gasteiger partial charge in [0.25, 0.3) is 0 Å². The number of carbonyl (C=O) groups excluding carboxylic acids is 2. The summed E-state index contributed by atoms with van der Waals surface area (Å²) in [5.74, 6) is -0.964. The van der Waals surface area contributed by atoms with Crippen molar-refractivity contribution in [1.82, 2.24) is 9.30 Å². The molecule has 0 amide bonds. The molecule has 0 radical (unpaired) electrons. The van der Waals surface area contributed by atoms with Crippen LogP contribution in [0.25, 0.3) is 11.0 Å². The Bertz CT molecular complexity index is 745. The molecule has 2 aromatic rings. The molecular formula is C13H13BrN2O4. The van der Waals surface area contributed by atoms with E-state index in [1.165, 1.54) is 6.92 Å². The predicted octanol–water partition coefficient (Wildman–Crippen LogP) is 1.98. The van der Waals surface area contributed by atoms with Crippen molar-refractivity contribution in [2.45, 2.75) is 26.7 Å². The number of nitrogens with zero attached hydrogens (tertiary/aromatic N) is 2. The Kier molecular flexibility index (Phi) is 4.08. The molecule has 0 saturated heterocycles. The molecule has 20 heavy (non-hydrogen) atoms. The fourth-order valence-corrected chi connectivity index (χ4v) is 2.44. The number of hydrogen-bond donors (Lipinski definition) is 0. The highest BCUT2D eigenvalue weighted by Gasteiger charge is 2.20. The summed E-state index contributed by atoms with van der Waals surface area (Å²) in [6.45, 7) is 3.11. The van der Waals surface area contributed by atoms with Crippen LogP contribution in [0.15, 0.2) is 27.5 Å². The van der Waals surface area contributed by atoms with Crippen molar-refractivity contribution in [3.05, 3.63) is 33.2 Å². The van der Waals surface area contributed by atoms with Gasteiger partial charge in [0.15, 0.2) is 0 Å². The van der Waals surface area contributed by atoms with Gasteiger partial charge in [0.05, 0.1) is 5.52 Å². The van der Waals surface area contributed by atoms with E-state index in [2.05, 4.69) is 15.9 Å². The maximum atomic E-state index is 12.2. The lowest BCUT2D eigenvalue weighted by Gasteiger charge is -2.03. The van der Waals surface area contributed by atoms with Gasteiger partial charge in [0, 0.05) is 17.8 Å². The highest BCUT2D eigenvalue weighted by atomic mass is 79.9. The monoisotopic (exact) mass is 340 g/mol. The number of aromatic nitrogens is 2. The van der Waals surface area contributed by atoms with Crippen LogP contribution < -0.4 is 10.5 Å². The van der Waals surface area contributed by atoms with Gasteiger partial charge in [0.2, 0.25) is 5.91 Å². The Balaban J connectivity index is 2.70. The Hall–Kier alpha value is -1.89. The van der Waals surface area contributed by atoms with E-state index < -0.39 is 17.6 Å². The van der Waals surface area contributed by atoms with Crippen molar-refractivity contribution in [3.63, 3.8) is 0 Å². The molecule has 1 aromatic carbocycles. The summed E-state index contributed by atoms with van der Waals surface area (Å²) < 4.78 is 2.41. The van der Waals surface area contributed by atoms with E-state index in [1.807, 2.05) is 6.92 Å². The van der Waals surface area contributed by atoms with Crippen LogP contribution in [-0.2, 0) is 4.79 Å². The third-order valence-electron chi connectivity index (χ3n) is 2.74. The number of para-hydroxylation sites is 1. The van der Waals surface area contributed by atoms with E-state index in [4.69, 9.17) is 4.84 Å². The second kappa shape index (κ2) is 5.62. The number of halogens is 1. The van der Waals surface area contributed by atoms with E-state index >= 15 is 0 Å². The van der Waals surface area contributed by atoms with E-state index in [0.717, 1.165) is 9.30 Å². The standard InChI is InChI=1S/C13H13BrN2O4/c1-3-5-11(18)20-16-10-7-4-6-9(14)12(10)15(8(2)17)13(16)19/h4,6-7H,3,5H2,1-2H3. The Morgan fingerprint density at radius 3 is 2.65 bits per heavy atom. The van der Waals surface area contributed by atoms with Gasteiger partial charge in [-0.1, -0.05) is 13.0 Å². The van der Waals surface area contributed by atoms with Crippen LogP contribution >= 0.6 is 15.9 Å². The number of benzene rings is 1. The molecular weight excluding hydrogens is 328 g/mol. The first-order valence-corrected chi connectivity index (χ1v) is 6.90. The van der Waals surface area contributed by atoms with Gasteiger partial charge in [-0.3, -0.25) is 4.79 Å². The molecule has 0 unspecified atom stereocenters. The van der Waals surface area contributed by atoms with Crippen molar-refractivity contribution in [2.24, 2.45) is 0 Å². The fraction of sp³-hybridized carbons (Fsp3) is 0.308. The lowest BCUT2D eigenvalue weighted by molar-refractivity contribution is -0.144. The minimum Gasteiger partial charge on any atom is -0.332 e. The molecule has 0 N–H and O–H groups in total. The van der Waals surface area contributed by atoms with Gasteiger partial charge in [-0.15, -0.1) is 4.73 Å². The zero-order valence-electron chi connectivity index (χ0n) is 11.1. The molecule has 0 saturated carbocycles. The molecule has 106 valence electrons. The highest BCUT2D eigenvalue weighted by molar-refractivity contribution is 9.10. The smallest absolute Gasteiger partial charge is 0.332 e. The molecule has 2 rings (SSSR count). The molecule has 7 heteroatoms. The van der Waals surface area contributed by atoms with Gasteiger partial charge in [-0.05, 0) is 34.5 Å². The van der Waals surface area contributed by atoms with E-state index in [1.54, 1.807) is 18.2 Å². The van der Waals surface area contributed by atoms with Crippen molar-refractivity contribution < 1.29 is 14.4 Å². The van der Waals surface area contributed by atoms with Gasteiger partial charge < -0.3 is 4.84 Å². The SMILES string of the molecule is CCCC(=O)On1c(=O)n(C(C)=O)c2c(Br)cccc21. The summed E-state index contributed by atoms with van der Waals surface area (Å²) in [7, 11) is 0. The first-order chi connectivity index (χ1) is 9.47. The Morgan fingerprint density at radius 1 is 1.35 bits per heavy atom. The van der Waals surface area contributed by atoms with Crippen LogP contribution in [0.3, 0.4) is 0 Å². The number of imidazole rings is 1. The van der Waals surface area contributed by atoms with Gasteiger partial charge in [-0.25, -0.2) is 14.2 Å². The zero-order chi connectivity index (χ0) is 14.9. The molecule has 0 aliphatic carbocycles. The lowest BCUT2D eigenvalue weighted by Crippen LogP contribution is -2.33. The Morgan fingerprint density at radius 2 is 2.05 bits per heavy atom. The van der Waals surface area contributed by atoms with Crippen LogP contribution in [0.5, 0.6) is 0 Å². The fourth-order valence-electron chi connectivity index (χ4n) is 1.91. The topological polar surface area (TPSA) is 70.3 Å². The van der Waals surface area contributed by atoms with E-state index in [0.29, 0.717) is 21.9 Å². The summed E-state index contributed by atoms with van der Waals surface area (Å²) >= 11 is 3.29. The molecule has 0 spiro atoms. The largest absolute Gasteiger partial charge is 0.369 e. The third-order valence-corrected chi connectivity index (χ3v) is 3.37. The average molecular weight is 341 g/mol. The van der Waals surface area contributed by atoms with Crippen LogP contribution in [-0.4, -0.2) is 21.2 Å². The molecule has 0 atom stereocenters. The Labute approximate surface area is 123 Å². The molecule has 6 nitrogen and oxygen atoms in total. The minimum absolute atomic E-state index is 0.202. The zero-order valence-corrected chi connectivity index (χ0v) is 12.6. The van der Waals surface area contributed by atoms with E-state index in [-0.39, 0.29) is 6.42 Å². The molecule has 1 heterocycles. The van der Waals surface area contributed by atoms with Crippen LogP contribution in [0.2, 0.25) is 0 Å². The predicted molar refractivity (Wildman–Crippen MR) is 76.7 cm³/mol. The summed E-state index contributed by atoms with van der Waals surface area (Å²) in [5, 5.41) is 0. The molecule has 0 fully saturated rings. The maximum absolute atomic E-state index is 12.2. The second-order valence-electron chi connectivity index (χ2n) is 4.25. The number of fused-ring (bicyclic) bond motifs is 1. The highest BCUT2D eigenvalue weighted by Crippen LogP contribution is 2.22. The van der Waals surface area contributed by atoms with Crippen molar-refractivity contribution in [2.75, 3.05) is 0 Å². The van der Waals surface area contributed by atoms with E-state index in [9.17, 15) is 14.4 Å². The van der Waals surface area contributed by atoms with Gasteiger partial charge >= 0.3 is 11.7 Å². The molecule has 1 aromatic heterocycles. The quantitative estimate of drug-likeness (QED) is 0.856. The first-order valence-electron chi connectivity index (χ1n) is 6.11. The normalized spacial score (nSPS) is 10.8. The minimum atomic E-state index is -0.691. The number of carbonyl (C=O) groups is 2. The van der Waals surface area contributed by atoms with Crippen LogP contribution in [0, 0.1) is 0 Å². The first kappa shape index (κ1) is 14.5. The summed E-state index contributed by atoms with van der Waals surface area (Å²) in [6, 6.07) is 5.01. The molecule has 0 bridgehead atoms.